The highest BCUT2D eigenvalue weighted by Gasteiger charge is 2.13. The van der Waals surface area contributed by atoms with Crippen LogP contribution < -0.4 is 10.6 Å². The second kappa shape index (κ2) is 15.0. The molecule has 8 heteroatoms. The van der Waals surface area contributed by atoms with Crippen LogP contribution in [0.3, 0.4) is 0 Å². The molecule has 0 aromatic carbocycles. The van der Waals surface area contributed by atoms with Gasteiger partial charge in [-0.3, -0.25) is 9.59 Å². The van der Waals surface area contributed by atoms with Crippen LogP contribution in [-0.2, 0) is 9.59 Å². The number of carbonyl (C=O) groups is 2. The van der Waals surface area contributed by atoms with E-state index in [2.05, 4.69) is 10.6 Å². The van der Waals surface area contributed by atoms with Gasteiger partial charge in [0.2, 0.25) is 0 Å². The molecule has 0 aliphatic heterocycles. The van der Waals surface area contributed by atoms with Crippen molar-refractivity contribution in [3.63, 3.8) is 0 Å². The molecule has 4 N–H and O–H groups in total. The molecule has 0 aliphatic rings. The minimum absolute atomic E-state index is 0.382. The van der Waals surface area contributed by atoms with E-state index in [1.165, 1.54) is 0 Å². The van der Waals surface area contributed by atoms with Crippen molar-refractivity contribution in [2.75, 3.05) is 38.1 Å². The largest absolute Gasteiger partial charge is 0.480 e. The van der Waals surface area contributed by atoms with Crippen LogP contribution in [0.1, 0.15) is 12.8 Å². The molecule has 2 atom stereocenters. The van der Waals surface area contributed by atoms with Gasteiger partial charge in [-0.1, -0.05) is 0 Å². The van der Waals surface area contributed by atoms with E-state index in [4.69, 9.17) is 10.2 Å². The van der Waals surface area contributed by atoms with Crippen molar-refractivity contribution in [1.29, 1.82) is 0 Å². The van der Waals surface area contributed by atoms with Crippen LogP contribution in [0, 0.1) is 0 Å². The third kappa shape index (κ3) is 12.6. The fourth-order valence-electron chi connectivity index (χ4n) is 1.25. The quantitative estimate of drug-likeness (QED) is 0.468. The van der Waals surface area contributed by atoms with Crippen molar-refractivity contribution in [2.45, 2.75) is 24.9 Å². The van der Waals surface area contributed by atoms with Crippen molar-refractivity contribution in [1.82, 2.24) is 10.6 Å². The van der Waals surface area contributed by atoms with Gasteiger partial charge in [0.05, 0.1) is 0 Å². The summed E-state index contributed by atoms with van der Waals surface area (Å²) in [4.78, 5) is 20.7. The van der Waals surface area contributed by atoms with E-state index in [0.717, 1.165) is 11.5 Å². The van der Waals surface area contributed by atoms with Crippen LogP contribution in [0.5, 0.6) is 0 Å². The number of thioether (sulfide) groups is 2. The number of hydrogen-bond donors (Lipinski definition) is 4. The number of likely N-dealkylation sites (N-methyl/N-ethyl adjacent to an activating group) is 2. The van der Waals surface area contributed by atoms with Gasteiger partial charge >= 0.3 is 11.9 Å². The van der Waals surface area contributed by atoms with Gasteiger partial charge in [-0.15, -0.1) is 0 Å². The van der Waals surface area contributed by atoms with E-state index in [1.807, 2.05) is 12.5 Å². The lowest BCUT2D eigenvalue weighted by Crippen LogP contribution is -2.34. The molecule has 0 aliphatic carbocycles. The molecule has 0 rings (SSSR count). The first-order valence-electron chi connectivity index (χ1n) is 6.22. The molecule has 120 valence electrons. The predicted molar refractivity (Wildman–Crippen MR) is 87.0 cm³/mol. The minimum Gasteiger partial charge on any atom is -0.480 e. The molecular weight excluding hydrogens is 300 g/mol. The molecule has 0 saturated heterocycles. The van der Waals surface area contributed by atoms with Crippen LogP contribution >= 0.6 is 23.5 Å². The molecule has 0 radical (unpaired) electrons. The van der Waals surface area contributed by atoms with Crippen molar-refractivity contribution in [2.24, 2.45) is 0 Å². The smallest absolute Gasteiger partial charge is 0.320 e. The van der Waals surface area contributed by atoms with Crippen LogP contribution in [0.2, 0.25) is 0 Å². The second-order valence-electron chi connectivity index (χ2n) is 3.92. The molecule has 20 heavy (non-hydrogen) atoms. The van der Waals surface area contributed by atoms with E-state index in [0.29, 0.717) is 12.8 Å². The van der Waals surface area contributed by atoms with Gasteiger partial charge < -0.3 is 20.8 Å². The van der Waals surface area contributed by atoms with E-state index in [-0.39, 0.29) is 12.1 Å². The monoisotopic (exact) mass is 326 g/mol. The van der Waals surface area contributed by atoms with E-state index in [1.54, 1.807) is 37.6 Å². The first-order valence-corrected chi connectivity index (χ1v) is 9.01. The average molecular weight is 326 g/mol. The fraction of sp³-hybridized carbons (Fsp3) is 0.833. The number of nitrogens with one attached hydrogen (secondary N) is 2. The number of rotatable bonds is 10. The maximum absolute atomic E-state index is 10.4. The summed E-state index contributed by atoms with van der Waals surface area (Å²) >= 11 is 3.32. The summed E-state index contributed by atoms with van der Waals surface area (Å²) in [5, 5.41) is 22.5. The Labute approximate surface area is 129 Å². The summed E-state index contributed by atoms with van der Waals surface area (Å²) in [5.74, 6) is 0.239. The van der Waals surface area contributed by atoms with Crippen molar-refractivity contribution in [3.8, 4) is 0 Å². The molecule has 0 aromatic heterocycles. The number of hydrogen-bond acceptors (Lipinski definition) is 6. The van der Waals surface area contributed by atoms with Crippen LogP contribution in [0.4, 0.5) is 0 Å². The number of aliphatic carboxylic acids is 2. The van der Waals surface area contributed by atoms with Crippen LogP contribution in [-0.4, -0.2) is 72.3 Å². The Morgan fingerprint density at radius 1 is 0.900 bits per heavy atom. The van der Waals surface area contributed by atoms with Gasteiger partial charge in [0, 0.05) is 0 Å². The lowest BCUT2D eigenvalue weighted by Gasteiger charge is -2.08. The summed E-state index contributed by atoms with van der Waals surface area (Å²) in [6.45, 7) is 0. The molecule has 0 spiro atoms. The molecule has 6 nitrogen and oxygen atoms in total. The third-order valence-electron chi connectivity index (χ3n) is 2.51. The Bertz CT molecular complexity index is 242. The average Bonchev–Trinajstić information content (AvgIpc) is 2.40. The molecule has 0 aromatic rings. The highest BCUT2D eigenvalue weighted by Crippen LogP contribution is 2.00. The topological polar surface area (TPSA) is 98.7 Å². The lowest BCUT2D eigenvalue weighted by molar-refractivity contribution is -0.140. The van der Waals surface area contributed by atoms with Crippen LogP contribution in [0.15, 0.2) is 0 Å². The van der Waals surface area contributed by atoms with Gasteiger partial charge in [0.1, 0.15) is 12.1 Å². The Hall–Kier alpha value is -0.440. The molecule has 0 amide bonds. The minimum atomic E-state index is -0.767. The van der Waals surface area contributed by atoms with Gasteiger partial charge in [-0.05, 0) is 51.0 Å². The first-order chi connectivity index (χ1) is 9.44. The Morgan fingerprint density at radius 3 is 1.35 bits per heavy atom. The van der Waals surface area contributed by atoms with E-state index in [9.17, 15) is 9.59 Å². The molecule has 0 heterocycles. The summed E-state index contributed by atoms with van der Waals surface area (Å²) in [5.41, 5.74) is 0. The fourth-order valence-corrected chi connectivity index (χ4v) is 2.20. The number of carboxylic acid groups (broad SMARTS) is 2. The first kappa shape index (κ1) is 21.9. The SMILES string of the molecule is CN[C@@H](CCSC)C(=O)O.CN[C@@H](CCSC)C(=O)O. The van der Waals surface area contributed by atoms with Crippen molar-refractivity contribution >= 4 is 35.5 Å². The molecule has 0 unspecified atom stereocenters. The maximum atomic E-state index is 10.4. The third-order valence-corrected chi connectivity index (χ3v) is 3.80. The Morgan fingerprint density at radius 2 is 1.20 bits per heavy atom. The molecular formula is C12H26N2O4S2. The van der Waals surface area contributed by atoms with Gasteiger partial charge in [-0.25, -0.2) is 0 Å². The van der Waals surface area contributed by atoms with Crippen LogP contribution in [0.25, 0.3) is 0 Å². The Kier molecular flexibility index (Phi) is 16.3. The highest BCUT2D eigenvalue weighted by molar-refractivity contribution is 7.98. The normalized spacial score (nSPS) is 13.0. The lowest BCUT2D eigenvalue weighted by atomic mass is 10.2. The Balaban J connectivity index is 0. The van der Waals surface area contributed by atoms with Crippen molar-refractivity contribution < 1.29 is 19.8 Å². The highest BCUT2D eigenvalue weighted by atomic mass is 32.2. The van der Waals surface area contributed by atoms with Gasteiger partial charge in [0.25, 0.3) is 0 Å². The second-order valence-corrected chi connectivity index (χ2v) is 5.89. The summed E-state index contributed by atoms with van der Waals surface area (Å²) in [7, 11) is 3.33. The summed E-state index contributed by atoms with van der Waals surface area (Å²) in [6, 6.07) is -0.764. The van der Waals surface area contributed by atoms with Gasteiger partial charge in [0.15, 0.2) is 0 Å². The van der Waals surface area contributed by atoms with E-state index < -0.39 is 11.9 Å². The zero-order chi connectivity index (χ0) is 16.0. The van der Waals surface area contributed by atoms with Crippen molar-refractivity contribution in [3.05, 3.63) is 0 Å². The summed E-state index contributed by atoms with van der Waals surface area (Å²) in [6.07, 6.45) is 5.31. The standard InChI is InChI=1S/2C6H13NO2S/c2*1-7-5(6(8)9)3-4-10-2/h2*5,7H,3-4H2,1-2H3,(H,8,9)/t2*5-/m00/s1. The molecule has 0 bridgehead atoms. The zero-order valence-corrected chi connectivity index (χ0v) is 14.1. The maximum Gasteiger partial charge on any atom is 0.320 e. The number of carboxylic acids is 2. The summed E-state index contributed by atoms with van der Waals surface area (Å²) < 4.78 is 0. The molecule has 0 saturated carbocycles. The zero-order valence-electron chi connectivity index (χ0n) is 12.5. The predicted octanol–water partition coefficient (Wildman–Crippen LogP) is 0.824. The van der Waals surface area contributed by atoms with E-state index >= 15 is 0 Å². The molecule has 0 fully saturated rings. The van der Waals surface area contributed by atoms with Gasteiger partial charge in [-0.2, -0.15) is 23.5 Å².